The highest BCUT2D eigenvalue weighted by molar-refractivity contribution is 5.88. The maximum Gasteiger partial charge on any atom is 0.164 e. The highest BCUT2D eigenvalue weighted by Crippen LogP contribution is 2.51. The molecule has 12 rings (SSSR count). The Bertz CT molecular complexity index is 3130. The van der Waals surface area contributed by atoms with Crippen LogP contribution >= 0.6 is 0 Å². The van der Waals surface area contributed by atoms with Crippen molar-refractivity contribution in [3.63, 3.8) is 0 Å². The third kappa shape index (κ3) is 8.27. The molecule has 0 radical (unpaired) electrons. The molecule has 3 heterocycles. The zero-order chi connectivity index (χ0) is 46.0. The van der Waals surface area contributed by atoms with Gasteiger partial charge in [0.05, 0.1) is 22.7 Å². The van der Waals surface area contributed by atoms with Crippen molar-refractivity contribution in [3.8, 4) is 68.7 Å². The van der Waals surface area contributed by atoms with Gasteiger partial charge in [-0.05, 0) is 141 Å². The van der Waals surface area contributed by atoms with Crippen LogP contribution in [-0.2, 0) is 0 Å². The van der Waals surface area contributed by atoms with Gasteiger partial charge in [-0.2, -0.15) is 0 Å². The summed E-state index contributed by atoms with van der Waals surface area (Å²) in [5, 5.41) is 0. The molecule has 2 aliphatic heterocycles. The Kier molecular flexibility index (Phi) is 11.1. The van der Waals surface area contributed by atoms with Gasteiger partial charge in [-0.25, -0.2) is 15.0 Å². The lowest BCUT2D eigenvalue weighted by Gasteiger charge is -2.32. The molecule has 0 fully saturated rings. The van der Waals surface area contributed by atoms with E-state index in [9.17, 15) is 0 Å². The first-order chi connectivity index (χ1) is 33.4. The summed E-state index contributed by atoms with van der Waals surface area (Å²) < 4.78 is 18.3. The molecule has 0 amide bonds. The summed E-state index contributed by atoms with van der Waals surface area (Å²) >= 11 is 0. The van der Waals surface area contributed by atoms with E-state index in [1.165, 1.54) is 5.56 Å². The van der Waals surface area contributed by atoms with Crippen LogP contribution in [0, 0.1) is 20.8 Å². The molecule has 0 atom stereocenters. The predicted octanol–water partition coefficient (Wildman–Crippen LogP) is 16.4. The van der Waals surface area contributed by atoms with E-state index in [0.717, 1.165) is 96.4 Å². The van der Waals surface area contributed by atoms with Gasteiger partial charge in [0.1, 0.15) is 11.5 Å². The van der Waals surface area contributed by atoms with Crippen molar-refractivity contribution in [3.05, 3.63) is 235 Å². The fourth-order valence-electron chi connectivity index (χ4n) is 8.41. The van der Waals surface area contributed by atoms with Gasteiger partial charge in [-0.15, -0.1) is 0 Å². The summed E-state index contributed by atoms with van der Waals surface area (Å²) in [6, 6.07) is 73.5. The van der Waals surface area contributed by atoms with E-state index >= 15 is 0 Å². The summed E-state index contributed by atoms with van der Waals surface area (Å²) in [4.78, 5) is 19.5. The summed E-state index contributed by atoms with van der Waals surface area (Å²) in [5.41, 5.74) is 12.1. The van der Waals surface area contributed by atoms with Gasteiger partial charge in [-0.1, -0.05) is 115 Å². The number of nitrogens with zero attached hydrogens (tertiary/aromatic N) is 5. The SMILES string of the molecule is Cc1ccc(-c2nc(-c3ccc(N4c5ccccc5Oc5ccccc54)cc3)nc(-c3ccc(N4c5ccccc5Oc5ccccc54)cc3)n2)cc1.Cc1ccccc1Oc1ccccc1C. The van der Waals surface area contributed by atoms with Crippen LogP contribution in [0.25, 0.3) is 34.2 Å². The molecule has 1 aromatic heterocycles. The Hall–Kier alpha value is -9.01. The quantitative estimate of drug-likeness (QED) is 0.157. The molecule has 10 aromatic rings. The summed E-state index contributed by atoms with van der Waals surface area (Å²) in [5.74, 6) is 6.91. The molecule has 0 N–H and O–H groups in total. The topological polar surface area (TPSA) is 72.8 Å². The number of para-hydroxylation sites is 10. The molecule has 8 heteroatoms. The van der Waals surface area contributed by atoms with Gasteiger partial charge < -0.3 is 24.0 Å². The number of aromatic nitrogens is 3. The van der Waals surface area contributed by atoms with Gasteiger partial charge in [0.2, 0.25) is 0 Å². The molecule has 9 aromatic carbocycles. The molecule has 328 valence electrons. The van der Waals surface area contributed by atoms with Gasteiger partial charge in [0.25, 0.3) is 0 Å². The smallest absolute Gasteiger partial charge is 0.164 e. The molecule has 2 aliphatic rings. The van der Waals surface area contributed by atoms with Crippen molar-refractivity contribution >= 4 is 34.1 Å². The lowest BCUT2D eigenvalue weighted by Crippen LogP contribution is -2.15. The third-order valence-electron chi connectivity index (χ3n) is 12.0. The number of fused-ring (bicyclic) bond motifs is 4. The van der Waals surface area contributed by atoms with E-state index in [-0.39, 0.29) is 0 Å². The minimum atomic E-state index is 0.597. The van der Waals surface area contributed by atoms with E-state index in [2.05, 4.69) is 114 Å². The van der Waals surface area contributed by atoms with Crippen molar-refractivity contribution in [2.24, 2.45) is 0 Å². The zero-order valence-electron chi connectivity index (χ0n) is 37.7. The monoisotopic (exact) mass is 883 g/mol. The fraction of sp³-hybridized carbons (Fsp3) is 0.0500. The summed E-state index contributed by atoms with van der Waals surface area (Å²) in [6.45, 7) is 6.18. The highest BCUT2D eigenvalue weighted by atomic mass is 16.5. The summed E-state index contributed by atoms with van der Waals surface area (Å²) in [6.07, 6.45) is 0. The van der Waals surface area contributed by atoms with Crippen molar-refractivity contribution in [2.75, 3.05) is 9.80 Å². The standard InChI is InChI=1S/C46H31N5O2.C14H14O/c1-30-18-20-31(21-19-30)44-47-45(32-22-26-34(27-23-32)50-36-10-2-6-14-40(36)52-41-15-7-3-11-37(41)50)49-46(48-44)33-24-28-35(29-25-33)51-38-12-4-8-16-42(38)53-43-17-9-5-13-39(43)51;1-11-7-3-5-9-13(11)15-14-10-6-4-8-12(14)2/h2-29H,1H3;3-10H,1-2H3. The van der Waals surface area contributed by atoms with E-state index in [4.69, 9.17) is 29.2 Å². The van der Waals surface area contributed by atoms with Gasteiger partial charge in [0, 0.05) is 28.1 Å². The normalized spacial score (nSPS) is 11.9. The van der Waals surface area contributed by atoms with Crippen LogP contribution in [0.3, 0.4) is 0 Å². The Labute approximate surface area is 396 Å². The average molecular weight is 884 g/mol. The van der Waals surface area contributed by atoms with Crippen LogP contribution in [-0.4, -0.2) is 15.0 Å². The van der Waals surface area contributed by atoms with Gasteiger partial charge >= 0.3 is 0 Å². The van der Waals surface area contributed by atoms with Crippen LogP contribution in [0.2, 0.25) is 0 Å². The second-order valence-electron chi connectivity index (χ2n) is 16.6. The van der Waals surface area contributed by atoms with Crippen LogP contribution in [0.5, 0.6) is 34.5 Å². The Morgan fingerprint density at radius 3 is 0.956 bits per heavy atom. The zero-order valence-corrected chi connectivity index (χ0v) is 37.7. The second-order valence-corrected chi connectivity index (χ2v) is 16.6. The molecule has 0 saturated heterocycles. The second kappa shape index (κ2) is 18.1. The van der Waals surface area contributed by atoms with Crippen LogP contribution < -0.4 is 24.0 Å². The fourth-order valence-corrected chi connectivity index (χ4v) is 8.41. The first-order valence-electron chi connectivity index (χ1n) is 22.6. The number of anilines is 6. The Morgan fingerprint density at radius 2 is 0.618 bits per heavy atom. The number of hydrogen-bond acceptors (Lipinski definition) is 8. The van der Waals surface area contributed by atoms with E-state index in [1.807, 2.05) is 135 Å². The Morgan fingerprint density at radius 1 is 0.324 bits per heavy atom. The molecule has 68 heavy (non-hydrogen) atoms. The van der Waals surface area contributed by atoms with E-state index in [0.29, 0.717) is 17.5 Å². The minimum absolute atomic E-state index is 0.597. The number of hydrogen-bond donors (Lipinski definition) is 0. The van der Waals surface area contributed by atoms with Crippen molar-refractivity contribution in [1.82, 2.24) is 15.0 Å². The van der Waals surface area contributed by atoms with E-state index < -0.39 is 0 Å². The molecule has 0 bridgehead atoms. The van der Waals surface area contributed by atoms with Crippen molar-refractivity contribution < 1.29 is 14.2 Å². The van der Waals surface area contributed by atoms with E-state index in [1.54, 1.807) is 0 Å². The Balaban J connectivity index is 0.000000288. The number of aryl methyl sites for hydroxylation is 3. The largest absolute Gasteiger partial charge is 0.457 e. The molecular formula is C60H45N5O3. The van der Waals surface area contributed by atoms with Crippen molar-refractivity contribution in [2.45, 2.75) is 20.8 Å². The first-order valence-corrected chi connectivity index (χ1v) is 22.6. The maximum atomic E-state index is 6.24. The van der Waals surface area contributed by atoms with Crippen LogP contribution in [0.1, 0.15) is 16.7 Å². The lowest BCUT2D eigenvalue weighted by molar-refractivity contribution is 0.475. The molecule has 0 spiro atoms. The molecular weight excluding hydrogens is 839 g/mol. The molecule has 0 unspecified atom stereocenters. The third-order valence-corrected chi connectivity index (χ3v) is 12.0. The first kappa shape index (κ1) is 41.7. The molecule has 8 nitrogen and oxygen atoms in total. The van der Waals surface area contributed by atoms with Crippen molar-refractivity contribution in [1.29, 1.82) is 0 Å². The highest BCUT2D eigenvalue weighted by Gasteiger charge is 2.27. The minimum Gasteiger partial charge on any atom is -0.457 e. The number of rotatable bonds is 7. The van der Waals surface area contributed by atoms with Crippen LogP contribution in [0.15, 0.2) is 218 Å². The van der Waals surface area contributed by atoms with Gasteiger partial charge in [-0.3, -0.25) is 0 Å². The van der Waals surface area contributed by atoms with Crippen LogP contribution in [0.4, 0.5) is 34.1 Å². The number of benzene rings is 9. The maximum absolute atomic E-state index is 6.24. The summed E-state index contributed by atoms with van der Waals surface area (Å²) in [7, 11) is 0. The molecule has 0 aliphatic carbocycles. The lowest BCUT2D eigenvalue weighted by atomic mass is 10.1. The molecule has 0 saturated carbocycles. The van der Waals surface area contributed by atoms with Gasteiger partial charge in [0.15, 0.2) is 40.5 Å². The predicted molar refractivity (Wildman–Crippen MR) is 273 cm³/mol. The average Bonchev–Trinajstić information content (AvgIpc) is 3.39. The number of ether oxygens (including phenoxy) is 3.